The number of amides is 1. The first-order valence-corrected chi connectivity index (χ1v) is 7.71. The lowest BCUT2D eigenvalue weighted by Crippen LogP contribution is -2.13. The Morgan fingerprint density at radius 2 is 1.96 bits per heavy atom. The summed E-state index contributed by atoms with van der Waals surface area (Å²) in [6.07, 6.45) is 2.98. The van der Waals surface area contributed by atoms with Gasteiger partial charge in [-0.05, 0) is 25.1 Å². The molecule has 0 saturated heterocycles. The minimum atomic E-state index is -0.462. The maximum Gasteiger partial charge on any atom is 0.339 e. The van der Waals surface area contributed by atoms with Gasteiger partial charge in [-0.3, -0.25) is 9.78 Å². The Hall–Kier alpha value is -3.68. The molecular weight excluding hydrogens is 336 g/mol. The van der Waals surface area contributed by atoms with Crippen molar-refractivity contribution >= 4 is 29.1 Å². The van der Waals surface area contributed by atoms with Gasteiger partial charge in [-0.1, -0.05) is 17.3 Å². The van der Waals surface area contributed by atoms with Gasteiger partial charge in [0.05, 0.1) is 35.8 Å². The first-order chi connectivity index (χ1) is 12.6. The molecule has 0 radical (unpaired) electrons. The summed E-state index contributed by atoms with van der Waals surface area (Å²) >= 11 is 0. The molecule has 2 heterocycles. The zero-order valence-corrected chi connectivity index (χ0v) is 14.1. The molecule has 1 amide bonds. The van der Waals surface area contributed by atoms with Crippen molar-refractivity contribution in [3.63, 3.8) is 0 Å². The van der Waals surface area contributed by atoms with Crippen molar-refractivity contribution < 1.29 is 18.8 Å². The van der Waals surface area contributed by atoms with E-state index in [9.17, 15) is 9.59 Å². The molecule has 132 valence electrons. The van der Waals surface area contributed by atoms with Gasteiger partial charge >= 0.3 is 5.97 Å². The Kier molecular flexibility index (Phi) is 4.93. The maximum atomic E-state index is 12.3. The number of pyridine rings is 1. The lowest BCUT2D eigenvalue weighted by Gasteiger charge is -2.11. The number of hydrogen-bond acceptors (Lipinski definition) is 7. The van der Waals surface area contributed by atoms with Crippen LogP contribution in [0.4, 0.5) is 17.2 Å². The van der Waals surface area contributed by atoms with Gasteiger partial charge < -0.3 is 19.9 Å². The highest BCUT2D eigenvalue weighted by Crippen LogP contribution is 2.22. The van der Waals surface area contributed by atoms with E-state index in [2.05, 4.69) is 20.8 Å². The number of benzene rings is 1. The van der Waals surface area contributed by atoms with Gasteiger partial charge in [-0.25, -0.2) is 4.79 Å². The van der Waals surface area contributed by atoms with Crippen LogP contribution >= 0.6 is 0 Å². The van der Waals surface area contributed by atoms with Crippen molar-refractivity contribution in [2.24, 2.45) is 0 Å². The molecule has 0 aliphatic rings. The van der Waals surface area contributed by atoms with Crippen LogP contribution in [-0.2, 0) is 4.74 Å². The number of rotatable bonds is 5. The van der Waals surface area contributed by atoms with Crippen molar-refractivity contribution in [1.29, 1.82) is 0 Å². The predicted octanol–water partition coefficient (Wildman–Crippen LogP) is 3.16. The fourth-order valence-corrected chi connectivity index (χ4v) is 2.28. The van der Waals surface area contributed by atoms with Crippen molar-refractivity contribution in [1.82, 2.24) is 10.1 Å². The van der Waals surface area contributed by atoms with E-state index in [4.69, 9.17) is 9.26 Å². The Morgan fingerprint density at radius 1 is 1.15 bits per heavy atom. The van der Waals surface area contributed by atoms with Crippen LogP contribution in [0.2, 0.25) is 0 Å². The van der Waals surface area contributed by atoms with Crippen LogP contribution in [-0.4, -0.2) is 29.1 Å². The number of aromatic nitrogens is 2. The van der Waals surface area contributed by atoms with E-state index in [1.165, 1.54) is 13.3 Å². The van der Waals surface area contributed by atoms with Crippen molar-refractivity contribution in [2.45, 2.75) is 6.92 Å². The molecule has 0 unspecified atom stereocenters. The largest absolute Gasteiger partial charge is 0.465 e. The third-order valence-electron chi connectivity index (χ3n) is 3.48. The minimum Gasteiger partial charge on any atom is -0.465 e. The first kappa shape index (κ1) is 17.2. The minimum absolute atomic E-state index is 0.321. The van der Waals surface area contributed by atoms with Gasteiger partial charge in [-0.2, -0.15) is 0 Å². The quantitative estimate of drug-likeness (QED) is 0.679. The number of hydrogen-bond donors (Lipinski definition) is 2. The molecule has 0 atom stereocenters. The summed E-state index contributed by atoms with van der Waals surface area (Å²) < 4.78 is 9.68. The number of para-hydroxylation sites is 1. The van der Waals surface area contributed by atoms with Crippen molar-refractivity contribution in [3.8, 4) is 0 Å². The number of nitrogens with zero attached hydrogens (tertiary/aromatic N) is 2. The molecule has 0 bridgehead atoms. The highest BCUT2D eigenvalue weighted by atomic mass is 16.5. The number of ether oxygens (including phenoxy) is 1. The third kappa shape index (κ3) is 3.86. The van der Waals surface area contributed by atoms with Gasteiger partial charge in [0.25, 0.3) is 5.91 Å². The van der Waals surface area contributed by atoms with E-state index in [1.807, 2.05) is 0 Å². The van der Waals surface area contributed by atoms with E-state index in [0.29, 0.717) is 34.1 Å². The lowest BCUT2D eigenvalue weighted by atomic mass is 10.1. The van der Waals surface area contributed by atoms with E-state index >= 15 is 0 Å². The summed E-state index contributed by atoms with van der Waals surface area (Å²) in [5.74, 6) is 0.0715. The van der Waals surface area contributed by atoms with Crippen LogP contribution in [0, 0.1) is 6.92 Å². The molecule has 0 aliphatic carbocycles. The number of esters is 1. The number of methoxy groups -OCH3 is 1. The highest BCUT2D eigenvalue weighted by molar-refractivity contribution is 6.04. The second kappa shape index (κ2) is 7.47. The molecule has 3 aromatic rings. The Balaban J connectivity index is 1.80. The van der Waals surface area contributed by atoms with Gasteiger partial charge in [0.15, 0.2) is 5.82 Å². The molecule has 2 aromatic heterocycles. The Bertz CT molecular complexity index is 952. The summed E-state index contributed by atoms with van der Waals surface area (Å²) in [6.45, 7) is 1.73. The average Bonchev–Trinajstić information content (AvgIpc) is 3.06. The highest BCUT2D eigenvalue weighted by Gasteiger charge is 2.13. The molecule has 0 saturated carbocycles. The van der Waals surface area contributed by atoms with Crippen LogP contribution in [0.1, 0.15) is 26.5 Å². The fourth-order valence-electron chi connectivity index (χ4n) is 2.28. The first-order valence-electron chi connectivity index (χ1n) is 7.71. The monoisotopic (exact) mass is 352 g/mol. The van der Waals surface area contributed by atoms with Crippen LogP contribution in [0.5, 0.6) is 0 Å². The third-order valence-corrected chi connectivity index (χ3v) is 3.48. The molecule has 0 fully saturated rings. The van der Waals surface area contributed by atoms with Crippen molar-refractivity contribution in [2.75, 3.05) is 17.7 Å². The molecule has 1 aromatic carbocycles. The second-order valence-electron chi connectivity index (χ2n) is 5.40. The predicted molar refractivity (Wildman–Crippen MR) is 94.5 cm³/mol. The average molecular weight is 352 g/mol. The van der Waals surface area contributed by atoms with E-state index < -0.39 is 5.97 Å². The van der Waals surface area contributed by atoms with Crippen LogP contribution in [0.15, 0.2) is 53.3 Å². The molecule has 26 heavy (non-hydrogen) atoms. The number of carbonyl (C=O) groups excluding carboxylic acids is 2. The molecule has 0 aliphatic heterocycles. The normalized spacial score (nSPS) is 10.2. The Labute approximate surface area is 149 Å². The van der Waals surface area contributed by atoms with E-state index in [-0.39, 0.29) is 5.91 Å². The summed E-state index contributed by atoms with van der Waals surface area (Å²) in [5, 5.41) is 9.41. The lowest BCUT2D eigenvalue weighted by molar-refractivity contribution is 0.0601. The molecule has 8 nitrogen and oxygen atoms in total. The zero-order chi connectivity index (χ0) is 18.5. The van der Waals surface area contributed by atoms with Crippen LogP contribution in [0.25, 0.3) is 0 Å². The number of nitrogens with one attached hydrogen (secondary N) is 2. The number of carbonyl (C=O) groups is 2. The molecule has 8 heteroatoms. The smallest absolute Gasteiger partial charge is 0.339 e. The Morgan fingerprint density at radius 3 is 2.69 bits per heavy atom. The standard InChI is InChI=1S/C18H16N4O4/c1-11-7-16(22-26-11)21-17(23)12-8-13(10-19-9-12)20-15-6-4-3-5-14(15)18(24)25-2/h3-10,20H,1-2H3,(H,21,22,23). The van der Waals surface area contributed by atoms with Crippen LogP contribution in [0.3, 0.4) is 0 Å². The van der Waals surface area contributed by atoms with Gasteiger partial charge in [0, 0.05) is 12.3 Å². The molecule has 3 rings (SSSR count). The maximum absolute atomic E-state index is 12.3. The summed E-state index contributed by atoms with van der Waals surface area (Å²) in [7, 11) is 1.32. The molecule has 0 spiro atoms. The SMILES string of the molecule is COC(=O)c1ccccc1Nc1cncc(C(=O)Nc2cc(C)on2)c1. The zero-order valence-electron chi connectivity index (χ0n) is 14.1. The van der Waals surface area contributed by atoms with Crippen LogP contribution < -0.4 is 10.6 Å². The van der Waals surface area contributed by atoms with Gasteiger partial charge in [-0.15, -0.1) is 0 Å². The molecule has 2 N–H and O–H groups in total. The summed E-state index contributed by atoms with van der Waals surface area (Å²) in [5.41, 5.74) is 1.80. The fraction of sp³-hybridized carbons (Fsp3) is 0.111. The van der Waals surface area contributed by atoms with E-state index in [1.54, 1.807) is 49.5 Å². The number of anilines is 3. The topological polar surface area (TPSA) is 106 Å². The van der Waals surface area contributed by atoms with Crippen molar-refractivity contribution in [3.05, 3.63) is 65.7 Å². The van der Waals surface area contributed by atoms with Gasteiger partial charge in [0.2, 0.25) is 0 Å². The molecular formula is C18H16N4O4. The summed E-state index contributed by atoms with van der Waals surface area (Å²) in [4.78, 5) is 28.2. The second-order valence-corrected chi connectivity index (χ2v) is 5.40. The van der Waals surface area contributed by atoms with E-state index in [0.717, 1.165) is 0 Å². The number of aryl methyl sites for hydroxylation is 1. The summed E-state index contributed by atoms with van der Waals surface area (Å²) in [6, 6.07) is 10.1. The van der Waals surface area contributed by atoms with Gasteiger partial charge in [0.1, 0.15) is 5.76 Å².